The van der Waals surface area contributed by atoms with E-state index in [0.717, 1.165) is 38.4 Å². The highest BCUT2D eigenvalue weighted by Gasteiger charge is 2.31. The lowest BCUT2D eigenvalue weighted by atomic mass is 9.95. The van der Waals surface area contributed by atoms with Crippen LogP contribution < -0.4 is 10.6 Å². The van der Waals surface area contributed by atoms with Crippen LogP contribution in [0, 0.1) is 11.8 Å². The molecule has 2 amide bonds. The van der Waals surface area contributed by atoms with Gasteiger partial charge in [0.25, 0.3) is 5.91 Å². The van der Waals surface area contributed by atoms with E-state index in [9.17, 15) is 9.59 Å². The molecule has 4 rings (SSSR count). The number of morpholine rings is 1. The van der Waals surface area contributed by atoms with Crippen LogP contribution in [0.15, 0.2) is 18.3 Å². The number of anilines is 1. The minimum atomic E-state index is -0.192. The molecule has 1 atom stereocenters. The van der Waals surface area contributed by atoms with Crippen molar-refractivity contribution in [3.8, 4) is 0 Å². The van der Waals surface area contributed by atoms with Crippen LogP contribution in [0.4, 0.5) is 5.82 Å². The molecule has 30 heavy (non-hydrogen) atoms. The van der Waals surface area contributed by atoms with E-state index in [-0.39, 0.29) is 24.5 Å². The van der Waals surface area contributed by atoms with Gasteiger partial charge in [0.05, 0.1) is 11.7 Å². The van der Waals surface area contributed by atoms with Crippen LogP contribution in [0.2, 0.25) is 0 Å². The third kappa shape index (κ3) is 5.49. The van der Waals surface area contributed by atoms with Gasteiger partial charge in [0.1, 0.15) is 12.4 Å². The lowest BCUT2D eigenvalue weighted by Crippen LogP contribution is -2.52. The van der Waals surface area contributed by atoms with E-state index in [0.29, 0.717) is 30.4 Å². The summed E-state index contributed by atoms with van der Waals surface area (Å²) in [5.41, 5.74) is 0.502. The first kappa shape index (κ1) is 21.1. The van der Waals surface area contributed by atoms with Gasteiger partial charge in [-0.05, 0) is 62.7 Å². The normalized spacial score (nSPS) is 23.4. The molecule has 3 aliphatic rings. The Hall–Kier alpha value is -2.19. The number of pyridine rings is 1. The van der Waals surface area contributed by atoms with Gasteiger partial charge in [-0.2, -0.15) is 0 Å². The summed E-state index contributed by atoms with van der Waals surface area (Å²) < 4.78 is 5.67. The second-order valence-electron chi connectivity index (χ2n) is 8.78. The summed E-state index contributed by atoms with van der Waals surface area (Å²) in [6.07, 6.45) is 6.58. The molecule has 0 aromatic carbocycles. The maximum Gasteiger partial charge on any atom is 0.255 e. The third-order valence-electron chi connectivity index (χ3n) is 6.40. The molecule has 1 aliphatic carbocycles. The van der Waals surface area contributed by atoms with Crippen molar-refractivity contribution >= 4 is 17.6 Å². The molecule has 2 saturated heterocycles. The van der Waals surface area contributed by atoms with E-state index < -0.39 is 0 Å². The molecule has 0 spiro atoms. The molecule has 2 aliphatic heterocycles. The summed E-state index contributed by atoms with van der Waals surface area (Å²) in [4.78, 5) is 33.6. The minimum absolute atomic E-state index is 0.0581. The van der Waals surface area contributed by atoms with Gasteiger partial charge in [-0.15, -0.1) is 0 Å². The van der Waals surface area contributed by atoms with Crippen molar-refractivity contribution in [1.82, 2.24) is 20.1 Å². The molecule has 2 N–H and O–H groups in total. The maximum absolute atomic E-state index is 12.5. The zero-order valence-corrected chi connectivity index (χ0v) is 17.8. The molecular weight excluding hydrogens is 382 g/mol. The van der Waals surface area contributed by atoms with Gasteiger partial charge >= 0.3 is 0 Å². The number of ether oxygens (including phenoxy) is 1. The summed E-state index contributed by atoms with van der Waals surface area (Å²) in [7, 11) is 1.74. The molecule has 3 fully saturated rings. The first-order valence-corrected chi connectivity index (χ1v) is 11.1. The molecule has 1 saturated carbocycles. The van der Waals surface area contributed by atoms with Crippen molar-refractivity contribution in [3.63, 3.8) is 0 Å². The Bertz CT molecular complexity index is 746. The van der Waals surface area contributed by atoms with Gasteiger partial charge in [-0.3, -0.25) is 9.59 Å². The molecule has 0 radical (unpaired) electrons. The van der Waals surface area contributed by atoms with Gasteiger partial charge in [-0.25, -0.2) is 4.98 Å². The maximum atomic E-state index is 12.5. The van der Waals surface area contributed by atoms with Crippen LogP contribution in [-0.2, 0) is 9.53 Å². The first-order chi connectivity index (χ1) is 14.6. The molecule has 1 unspecified atom stereocenters. The average Bonchev–Trinajstić information content (AvgIpc) is 3.59. The summed E-state index contributed by atoms with van der Waals surface area (Å²) in [6, 6.07) is 3.48. The largest absolute Gasteiger partial charge is 0.372 e. The van der Waals surface area contributed by atoms with Crippen LogP contribution in [0.1, 0.15) is 36.0 Å². The Kier molecular flexibility index (Phi) is 6.84. The summed E-state index contributed by atoms with van der Waals surface area (Å²) in [5, 5.41) is 5.85. The van der Waals surface area contributed by atoms with Crippen LogP contribution in [0.25, 0.3) is 0 Å². The molecule has 1 aromatic heterocycles. The number of hydrogen-bond acceptors (Lipinski definition) is 6. The predicted octanol–water partition coefficient (Wildman–Crippen LogP) is 1.20. The number of rotatable bonds is 8. The second kappa shape index (κ2) is 9.75. The smallest absolute Gasteiger partial charge is 0.255 e. The number of hydrogen-bond donors (Lipinski definition) is 2. The monoisotopic (exact) mass is 415 g/mol. The van der Waals surface area contributed by atoms with E-state index >= 15 is 0 Å². The SMILES string of the molecule is CNc1ncccc1C(=O)NCC1CN(CC2CCN(CC3CC3)CC2)C(=O)CO1. The Morgan fingerprint density at radius 1 is 1.20 bits per heavy atom. The zero-order chi connectivity index (χ0) is 20.9. The number of likely N-dealkylation sites (tertiary alicyclic amines) is 1. The quantitative estimate of drug-likeness (QED) is 0.664. The number of nitrogens with zero attached hydrogens (tertiary/aromatic N) is 3. The van der Waals surface area contributed by atoms with Crippen molar-refractivity contribution in [2.75, 3.05) is 58.2 Å². The Morgan fingerprint density at radius 3 is 2.70 bits per heavy atom. The fourth-order valence-electron chi connectivity index (χ4n) is 4.40. The van der Waals surface area contributed by atoms with Crippen LogP contribution >= 0.6 is 0 Å². The van der Waals surface area contributed by atoms with E-state index in [1.54, 1.807) is 25.4 Å². The van der Waals surface area contributed by atoms with E-state index in [2.05, 4.69) is 20.5 Å². The van der Waals surface area contributed by atoms with Gasteiger partial charge in [-0.1, -0.05) is 0 Å². The minimum Gasteiger partial charge on any atom is -0.372 e. The average molecular weight is 416 g/mol. The Balaban J connectivity index is 1.23. The number of piperidine rings is 1. The molecule has 3 heterocycles. The Morgan fingerprint density at radius 2 is 1.97 bits per heavy atom. The lowest BCUT2D eigenvalue weighted by Gasteiger charge is -2.38. The molecule has 8 nitrogen and oxygen atoms in total. The van der Waals surface area contributed by atoms with Gasteiger partial charge < -0.3 is 25.2 Å². The number of carbonyl (C=O) groups excluding carboxylic acids is 2. The van der Waals surface area contributed by atoms with Gasteiger partial charge in [0.15, 0.2) is 0 Å². The number of amides is 2. The first-order valence-electron chi connectivity index (χ1n) is 11.1. The standard InChI is InChI=1S/C22H33N5O3/c1-23-21-19(3-2-8-24-21)22(29)25-11-18-14-27(20(28)15-30-18)13-17-6-9-26(10-7-17)12-16-4-5-16/h2-3,8,16-18H,4-7,9-15H2,1H3,(H,23,24)(H,25,29). The zero-order valence-electron chi connectivity index (χ0n) is 17.8. The van der Waals surface area contributed by atoms with E-state index in [1.807, 2.05) is 4.90 Å². The van der Waals surface area contributed by atoms with Crippen LogP contribution in [0.5, 0.6) is 0 Å². The lowest BCUT2D eigenvalue weighted by molar-refractivity contribution is -0.149. The molecule has 0 bridgehead atoms. The highest BCUT2D eigenvalue weighted by Crippen LogP contribution is 2.31. The van der Waals surface area contributed by atoms with E-state index in [4.69, 9.17) is 4.74 Å². The Labute approximate surface area is 178 Å². The van der Waals surface area contributed by atoms with E-state index in [1.165, 1.54) is 19.4 Å². The van der Waals surface area contributed by atoms with Crippen molar-refractivity contribution in [1.29, 1.82) is 0 Å². The van der Waals surface area contributed by atoms with Gasteiger partial charge in [0, 0.05) is 39.4 Å². The van der Waals surface area contributed by atoms with Crippen molar-refractivity contribution in [3.05, 3.63) is 23.9 Å². The van der Waals surface area contributed by atoms with Crippen molar-refractivity contribution in [2.45, 2.75) is 31.8 Å². The molecule has 1 aromatic rings. The fourth-order valence-corrected chi connectivity index (χ4v) is 4.40. The fraction of sp³-hybridized carbons (Fsp3) is 0.682. The van der Waals surface area contributed by atoms with Crippen molar-refractivity contribution < 1.29 is 14.3 Å². The second-order valence-corrected chi connectivity index (χ2v) is 8.78. The van der Waals surface area contributed by atoms with Gasteiger partial charge in [0.2, 0.25) is 5.91 Å². The summed E-state index contributed by atoms with van der Waals surface area (Å²) in [5.74, 6) is 1.91. The number of aromatic nitrogens is 1. The number of carbonyl (C=O) groups is 2. The molecule has 8 heteroatoms. The summed E-state index contributed by atoms with van der Waals surface area (Å²) in [6.45, 7) is 5.37. The van der Waals surface area contributed by atoms with Crippen molar-refractivity contribution in [2.24, 2.45) is 11.8 Å². The van der Waals surface area contributed by atoms with Crippen LogP contribution in [-0.4, -0.2) is 85.6 Å². The van der Waals surface area contributed by atoms with Crippen LogP contribution in [0.3, 0.4) is 0 Å². The predicted molar refractivity (Wildman–Crippen MR) is 114 cm³/mol. The highest BCUT2D eigenvalue weighted by molar-refractivity contribution is 5.98. The molecule has 164 valence electrons. The topological polar surface area (TPSA) is 86.8 Å². The number of nitrogens with one attached hydrogen (secondary N) is 2. The third-order valence-corrected chi connectivity index (χ3v) is 6.40. The highest BCUT2D eigenvalue weighted by atomic mass is 16.5. The summed E-state index contributed by atoms with van der Waals surface area (Å²) >= 11 is 0. The molecular formula is C22H33N5O3.